The molecule has 156 valence electrons. The van der Waals surface area contributed by atoms with Crippen LogP contribution in [0.2, 0.25) is 0 Å². The Bertz CT molecular complexity index is 768. The van der Waals surface area contributed by atoms with Gasteiger partial charge in [-0.1, -0.05) is 60.7 Å². The zero-order valence-corrected chi connectivity index (χ0v) is 17.7. The second-order valence-electron chi connectivity index (χ2n) is 8.09. The van der Waals surface area contributed by atoms with Crippen LogP contribution in [0.1, 0.15) is 45.2 Å². The van der Waals surface area contributed by atoms with Crippen molar-refractivity contribution < 1.29 is 19.1 Å². The lowest BCUT2D eigenvalue weighted by Gasteiger charge is -2.25. The average Bonchev–Trinajstić information content (AvgIpc) is 2.69. The number of esters is 2. The Labute approximate surface area is 173 Å². The fraction of sp³-hybridized carbons (Fsp3) is 0.417. The first kappa shape index (κ1) is 22.6. The van der Waals surface area contributed by atoms with Gasteiger partial charge in [0.1, 0.15) is 24.3 Å². The van der Waals surface area contributed by atoms with E-state index in [1.807, 2.05) is 81.4 Å². The van der Waals surface area contributed by atoms with Crippen LogP contribution in [0.15, 0.2) is 60.7 Å². The lowest BCUT2D eigenvalue weighted by atomic mass is 10.0. The first-order chi connectivity index (χ1) is 13.7. The number of hydrogen-bond acceptors (Lipinski definition) is 5. The molecule has 1 N–H and O–H groups in total. The number of ether oxygens (including phenoxy) is 2. The van der Waals surface area contributed by atoms with Gasteiger partial charge >= 0.3 is 11.9 Å². The molecule has 0 saturated heterocycles. The molecule has 0 aliphatic rings. The molecule has 2 atom stereocenters. The zero-order valence-electron chi connectivity index (χ0n) is 17.7. The highest BCUT2D eigenvalue weighted by Gasteiger charge is 2.27. The Morgan fingerprint density at radius 1 is 0.897 bits per heavy atom. The van der Waals surface area contributed by atoms with Crippen LogP contribution in [-0.4, -0.2) is 29.6 Å². The van der Waals surface area contributed by atoms with Crippen LogP contribution < -0.4 is 5.32 Å². The lowest BCUT2D eigenvalue weighted by molar-refractivity contribution is -0.158. The van der Waals surface area contributed by atoms with E-state index in [4.69, 9.17) is 9.47 Å². The fourth-order valence-corrected chi connectivity index (χ4v) is 2.81. The van der Waals surface area contributed by atoms with Crippen LogP contribution >= 0.6 is 0 Å². The third kappa shape index (κ3) is 8.48. The van der Waals surface area contributed by atoms with Gasteiger partial charge in [-0.15, -0.1) is 0 Å². The van der Waals surface area contributed by atoms with Crippen LogP contribution in [0.25, 0.3) is 0 Å². The van der Waals surface area contributed by atoms with Crippen LogP contribution in [0.3, 0.4) is 0 Å². The molecule has 1 unspecified atom stereocenters. The van der Waals surface area contributed by atoms with Gasteiger partial charge in [-0.3, -0.25) is 14.9 Å². The van der Waals surface area contributed by atoms with Gasteiger partial charge in [0.05, 0.1) is 0 Å². The largest absolute Gasteiger partial charge is 0.460 e. The van der Waals surface area contributed by atoms with E-state index in [0.29, 0.717) is 12.8 Å². The molecule has 5 heteroatoms. The van der Waals surface area contributed by atoms with E-state index >= 15 is 0 Å². The lowest BCUT2D eigenvalue weighted by Crippen LogP contribution is -2.48. The maximum absolute atomic E-state index is 12.7. The van der Waals surface area contributed by atoms with Crippen molar-refractivity contribution in [1.29, 1.82) is 0 Å². The highest BCUT2D eigenvalue weighted by atomic mass is 16.6. The number of carbonyl (C=O) groups is 2. The smallest absolute Gasteiger partial charge is 0.323 e. The summed E-state index contributed by atoms with van der Waals surface area (Å²) >= 11 is 0. The molecular weight excluding hydrogens is 366 g/mol. The van der Waals surface area contributed by atoms with Crippen molar-refractivity contribution in [3.8, 4) is 0 Å². The Hall–Kier alpha value is -2.66. The first-order valence-corrected chi connectivity index (χ1v) is 9.98. The van der Waals surface area contributed by atoms with Crippen molar-refractivity contribution in [1.82, 2.24) is 5.32 Å². The maximum Gasteiger partial charge on any atom is 0.323 e. The molecule has 0 aliphatic carbocycles. The van der Waals surface area contributed by atoms with E-state index in [2.05, 4.69) is 5.32 Å². The SMILES string of the molecule is C[C@@H](NC(CCc1ccccc1)C(=O)OCc1ccccc1)C(=O)OC(C)(C)C. The standard InChI is InChI=1S/C24H31NO4/c1-18(22(26)29-24(2,3)4)25-21(16-15-19-11-7-5-8-12-19)23(27)28-17-20-13-9-6-10-14-20/h5-14,18,21,25H,15-17H2,1-4H3/t18-,21?/m1/s1. The predicted octanol–water partition coefficient (Wildman–Crippen LogP) is 4.05. The van der Waals surface area contributed by atoms with Crippen LogP contribution in [-0.2, 0) is 32.1 Å². The van der Waals surface area contributed by atoms with Gasteiger partial charge in [0, 0.05) is 0 Å². The summed E-state index contributed by atoms with van der Waals surface area (Å²) in [5, 5.41) is 3.10. The Morgan fingerprint density at radius 2 is 1.45 bits per heavy atom. The minimum absolute atomic E-state index is 0.198. The molecule has 0 bridgehead atoms. The molecule has 0 heterocycles. The molecule has 5 nitrogen and oxygen atoms in total. The number of rotatable bonds is 9. The summed E-state index contributed by atoms with van der Waals surface area (Å²) in [6.07, 6.45) is 1.21. The van der Waals surface area contributed by atoms with E-state index in [-0.39, 0.29) is 12.6 Å². The highest BCUT2D eigenvalue weighted by molar-refractivity contribution is 5.79. The summed E-state index contributed by atoms with van der Waals surface area (Å²) < 4.78 is 10.9. The summed E-state index contributed by atoms with van der Waals surface area (Å²) in [6, 6.07) is 18.2. The molecular formula is C24H31NO4. The van der Waals surface area contributed by atoms with Gasteiger partial charge < -0.3 is 9.47 Å². The quantitative estimate of drug-likeness (QED) is 0.647. The van der Waals surface area contributed by atoms with Crippen LogP contribution in [0.4, 0.5) is 0 Å². The summed E-state index contributed by atoms with van der Waals surface area (Å²) in [6.45, 7) is 7.36. The Kier molecular flexibility index (Phi) is 8.40. The molecule has 0 fully saturated rings. The van der Waals surface area contributed by atoms with Gasteiger partial charge in [0.2, 0.25) is 0 Å². The third-order valence-corrected chi connectivity index (χ3v) is 4.28. The number of carbonyl (C=O) groups excluding carboxylic acids is 2. The summed E-state index contributed by atoms with van der Waals surface area (Å²) in [7, 11) is 0. The predicted molar refractivity (Wildman–Crippen MR) is 113 cm³/mol. The normalized spacial score (nSPS) is 13.4. The number of aryl methyl sites for hydroxylation is 1. The number of nitrogens with one attached hydrogen (secondary N) is 1. The highest BCUT2D eigenvalue weighted by Crippen LogP contribution is 2.12. The van der Waals surface area contributed by atoms with Crippen molar-refractivity contribution in [3.63, 3.8) is 0 Å². The van der Waals surface area contributed by atoms with Crippen molar-refractivity contribution in [2.24, 2.45) is 0 Å². The molecule has 0 aliphatic heterocycles. The summed E-state index contributed by atoms with van der Waals surface area (Å²) in [5.74, 6) is -0.765. The van der Waals surface area contributed by atoms with E-state index in [9.17, 15) is 9.59 Å². The van der Waals surface area contributed by atoms with E-state index < -0.39 is 23.7 Å². The van der Waals surface area contributed by atoms with E-state index in [1.54, 1.807) is 6.92 Å². The molecule has 2 aromatic rings. The molecule has 0 radical (unpaired) electrons. The van der Waals surface area contributed by atoms with Crippen molar-refractivity contribution in [2.75, 3.05) is 0 Å². The van der Waals surface area contributed by atoms with Gasteiger partial charge in [-0.05, 0) is 51.7 Å². The second-order valence-corrected chi connectivity index (χ2v) is 8.09. The second kappa shape index (κ2) is 10.8. The average molecular weight is 398 g/mol. The molecule has 0 spiro atoms. The summed E-state index contributed by atoms with van der Waals surface area (Å²) in [5.41, 5.74) is 1.46. The van der Waals surface area contributed by atoms with Gasteiger partial charge in [0.15, 0.2) is 0 Å². The van der Waals surface area contributed by atoms with Gasteiger partial charge in [-0.2, -0.15) is 0 Å². The Morgan fingerprint density at radius 3 is 2.00 bits per heavy atom. The minimum Gasteiger partial charge on any atom is -0.460 e. The zero-order chi connectivity index (χ0) is 21.3. The van der Waals surface area contributed by atoms with Gasteiger partial charge in [0.25, 0.3) is 0 Å². The monoisotopic (exact) mass is 397 g/mol. The fourth-order valence-electron chi connectivity index (χ4n) is 2.81. The number of hydrogen-bond donors (Lipinski definition) is 1. The maximum atomic E-state index is 12.7. The van der Waals surface area contributed by atoms with Crippen molar-refractivity contribution in [3.05, 3.63) is 71.8 Å². The Balaban J connectivity index is 2.01. The van der Waals surface area contributed by atoms with Crippen LogP contribution in [0.5, 0.6) is 0 Å². The van der Waals surface area contributed by atoms with Crippen molar-refractivity contribution >= 4 is 11.9 Å². The summed E-state index contributed by atoms with van der Waals surface area (Å²) in [4.78, 5) is 25.1. The molecule has 0 aromatic heterocycles. The molecule has 2 aromatic carbocycles. The van der Waals surface area contributed by atoms with E-state index in [0.717, 1.165) is 11.1 Å². The molecule has 0 amide bonds. The van der Waals surface area contributed by atoms with Crippen LogP contribution in [0, 0.1) is 0 Å². The first-order valence-electron chi connectivity index (χ1n) is 9.98. The molecule has 0 saturated carbocycles. The van der Waals surface area contributed by atoms with Crippen molar-refractivity contribution in [2.45, 2.75) is 64.8 Å². The van der Waals surface area contributed by atoms with Gasteiger partial charge in [-0.25, -0.2) is 0 Å². The number of benzene rings is 2. The minimum atomic E-state index is -0.626. The third-order valence-electron chi connectivity index (χ3n) is 4.28. The topological polar surface area (TPSA) is 64.6 Å². The van der Waals surface area contributed by atoms with E-state index in [1.165, 1.54) is 0 Å². The molecule has 2 rings (SSSR count). The molecule has 29 heavy (non-hydrogen) atoms.